The Morgan fingerprint density at radius 2 is 1.67 bits per heavy atom. The molecule has 0 spiro atoms. The van der Waals surface area contributed by atoms with Gasteiger partial charge in [-0.2, -0.15) is 0 Å². The fraction of sp³-hybridized carbons (Fsp3) is 0.154. The third-order valence-corrected chi connectivity index (χ3v) is 6.78. The van der Waals surface area contributed by atoms with E-state index in [4.69, 9.17) is 34.8 Å². The molecule has 7 heteroatoms. The van der Waals surface area contributed by atoms with Crippen LogP contribution in [-0.4, -0.2) is 35.4 Å². The van der Waals surface area contributed by atoms with Gasteiger partial charge in [-0.15, -0.1) is 0 Å². The highest BCUT2D eigenvalue weighted by atomic mass is 35.5. The van der Waals surface area contributed by atoms with Crippen molar-refractivity contribution in [1.82, 2.24) is 9.88 Å². The highest BCUT2D eigenvalue weighted by Gasteiger charge is 2.32. The molecule has 5 rings (SSSR count). The van der Waals surface area contributed by atoms with E-state index in [2.05, 4.69) is 9.88 Å². The van der Waals surface area contributed by atoms with E-state index in [-0.39, 0.29) is 11.9 Å². The van der Waals surface area contributed by atoms with Gasteiger partial charge in [-0.3, -0.25) is 9.78 Å². The summed E-state index contributed by atoms with van der Waals surface area (Å²) in [4.78, 5) is 21.9. The fourth-order valence-corrected chi connectivity index (χ4v) is 4.97. The largest absolute Gasteiger partial charge is 0.360 e. The van der Waals surface area contributed by atoms with Crippen molar-refractivity contribution in [1.29, 1.82) is 0 Å². The van der Waals surface area contributed by atoms with Gasteiger partial charge in [0.15, 0.2) is 0 Å². The van der Waals surface area contributed by atoms with Gasteiger partial charge in [0.25, 0.3) is 5.91 Å². The zero-order valence-electron chi connectivity index (χ0n) is 17.6. The first kappa shape index (κ1) is 22.0. The zero-order valence-corrected chi connectivity index (χ0v) is 19.9. The summed E-state index contributed by atoms with van der Waals surface area (Å²) in [5, 5.41) is 2.79. The predicted octanol–water partition coefficient (Wildman–Crippen LogP) is 6.90. The van der Waals surface area contributed by atoms with E-state index in [0.717, 1.165) is 22.2 Å². The number of carbonyl (C=O) groups is 1. The van der Waals surface area contributed by atoms with Crippen LogP contribution in [0.1, 0.15) is 22.0 Å². The maximum Gasteiger partial charge on any atom is 0.254 e. The lowest BCUT2D eigenvalue weighted by atomic mass is 10.00. The molecule has 33 heavy (non-hydrogen) atoms. The summed E-state index contributed by atoms with van der Waals surface area (Å²) in [6.45, 7) is 1.73. The number of amides is 1. The molecule has 4 nitrogen and oxygen atoms in total. The number of hydrogen-bond acceptors (Lipinski definition) is 3. The summed E-state index contributed by atoms with van der Waals surface area (Å²) in [6.07, 6.45) is 1.75. The molecule has 1 aliphatic heterocycles. The van der Waals surface area contributed by atoms with Crippen LogP contribution in [0.25, 0.3) is 10.9 Å². The van der Waals surface area contributed by atoms with Crippen molar-refractivity contribution in [3.8, 4) is 0 Å². The Kier molecular flexibility index (Phi) is 6.15. The number of carbonyl (C=O) groups excluding carboxylic acids is 1. The Bertz CT molecular complexity index is 1330. The van der Waals surface area contributed by atoms with Crippen LogP contribution in [0.15, 0.2) is 79.0 Å². The quantitative estimate of drug-likeness (QED) is 0.309. The second-order valence-corrected chi connectivity index (χ2v) is 9.30. The lowest BCUT2D eigenvalue weighted by molar-refractivity contribution is 0.0722. The number of hydrogen-bond donors (Lipinski definition) is 0. The number of anilines is 1. The Morgan fingerprint density at radius 3 is 2.45 bits per heavy atom. The van der Waals surface area contributed by atoms with Gasteiger partial charge in [-0.25, -0.2) is 0 Å². The molecule has 166 valence electrons. The maximum atomic E-state index is 13.5. The number of rotatable bonds is 3. The van der Waals surface area contributed by atoms with Gasteiger partial charge in [0.1, 0.15) is 0 Å². The molecule has 3 aromatic carbocycles. The van der Waals surface area contributed by atoms with E-state index in [1.54, 1.807) is 12.3 Å². The first-order valence-electron chi connectivity index (χ1n) is 10.6. The molecule has 1 fully saturated rings. The number of benzene rings is 3. The van der Waals surface area contributed by atoms with Crippen LogP contribution in [0.2, 0.25) is 15.1 Å². The van der Waals surface area contributed by atoms with E-state index in [1.807, 2.05) is 71.6 Å². The van der Waals surface area contributed by atoms with Crippen LogP contribution in [-0.2, 0) is 0 Å². The van der Waals surface area contributed by atoms with Crippen molar-refractivity contribution < 1.29 is 4.79 Å². The lowest BCUT2D eigenvalue weighted by Gasteiger charge is -2.43. The molecule has 4 aromatic rings. The zero-order chi connectivity index (χ0) is 22.9. The standard InChI is InChI=1S/C26H20Cl3N3O/c27-20-6-3-17(4-7-20)25-16-31(12-13-32(25)24-10-8-21(28)15-22(24)29)26(33)19-5-9-23-18(14-19)2-1-11-30-23/h1-11,14-15,25H,12-13,16H2/t25-/m0/s1. The molecule has 1 aromatic heterocycles. The monoisotopic (exact) mass is 495 g/mol. The molecule has 0 bridgehead atoms. The molecule has 1 amide bonds. The van der Waals surface area contributed by atoms with E-state index in [1.165, 1.54) is 0 Å². The highest BCUT2D eigenvalue weighted by Crippen LogP contribution is 2.37. The van der Waals surface area contributed by atoms with Crippen LogP contribution in [0.4, 0.5) is 5.69 Å². The Morgan fingerprint density at radius 1 is 0.879 bits per heavy atom. The average Bonchev–Trinajstić information content (AvgIpc) is 2.84. The first-order chi connectivity index (χ1) is 16.0. The minimum Gasteiger partial charge on any atom is -0.360 e. The van der Waals surface area contributed by atoms with Crippen molar-refractivity contribution in [3.05, 3.63) is 105 Å². The number of pyridine rings is 1. The van der Waals surface area contributed by atoms with Crippen molar-refractivity contribution in [3.63, 3.8) is 0 Å². The van der Waals surface area contributed by atoms with Gasteiger partial charge >= 0.3 is 0 Å². The first-order valence-corrected chi connectivity index (χ1v) is 11.7. The summed E-state index contributed by atoms with van der Waals surface area (Å²) < 4.78 is 0. The van der Waals surface area contributed by atoms with Crippen LogP contribution < -0.4 is 4.90 Å². The van der Waals surface area contributed by atoms with Gasteiger partial charge in [0.05, 0.1) is 22.3 Å². The summed E-state index contributed by atoms with van der Waals surface area (Å²) in [5.74, 6) is 0.00145. The summed E-state index contributed by atoms with van der Waals surface area (Å²) in [7, 11) is 0. The highest BCUT2D eigenvalue weighted by molar-refractivity contribution is 6.36. The van der Waals surface area contributed by atoms with Crippen LogP contribution >= 0.6 is 34.8 Å². The predicted molar refractivity (Wildman–Crippen MR) is 136 cm³/mol. The van der Waals surface area contributed by atoms with Crippen LogP contribution in [0.5, 0.6) is 0 Å². The minimum atomic E-state index is -0.0826. The lowest BCUT2D eigenvalue weighted by Crippen LogP contribution is -2.50. The molecule has 0 saturated carbocycles. The van der Waals surface area contributed by atoms with Crippen LogP contribution in [0, 0.1) is 0 Å². The summed E-state index contributed by atoms with van der Waals surface area (Å²) in [6, 6.07) is 22.7. The smallest absolute Gasteiger partial charge is 0.254 e. The molecule has 0 unspecified atom stereocenters. The topological polar surface area (TPSA) is 36.4 Å². The summed E-state index contributed by atoms with van der Waals surface area (Å²) >= 11 is 18.8. The van der Waals surface area contributed by atoms with E-state index < -0.39 is 0 Å². The number of piperazine rings is 1. The molecular weight excluding hydrogens is 477 g/mol. The maximum absolute atomic E-state index is 13.5. The van der Waals surface area contributed by atoms with Gasteiger partial charge < -0.3 is 9.80 Å². The van der Waals surface area contributed by atoms with E-state index >= 15 is 0 Å². The Balaban J connectivity index is 1.48. The molecule has 1 saturated heterocycles. The molecule has 0 N–H and O–H groups in total. The van der Waals surface area contributed by atoms with Crippen LogP contribution in [0.3, 0.4) is 0 Å². The number of aromatic nitrogens is 1. The molecule has 0 radical (unpaired) electrons. The normalized spacial score (nSPS) is 16.3. The molecule has 1 aliphatic rings. The van der Waals surface area contributed by atoms with E-state index in [0.29, 0.717) is 40.3 Å². The van der Waals surface area contributed by atoms with Gasteiger partial charge in [-0.05, 0) is 60.2 Å². The van der Waals surface area contributed by atoms with E-state index in [9.17, 15) is 4.79 Å². The average molecular weight is 497 g/mol. The van der Waals surface area contributed by atoms with Gasteiger partial charge in [0.2, 0.25) is 0 Å². The number of halogens is 3. The molecule has 2 heterocycles. The third-order valence-electron chi connectivity index (χ3n) is 5.99. The third kappa shape index (κ3) is 4.51. The second kappa shape index (κ2) is 9.22. The minimum absolute atomic E-state index is 0.00145. The van der Waals surface area contributed by atoms with Gasteiger partial charge in [0, 0.05) is 46.8 Å². The van der Waals surface area contributed by atoms with Crippen molar-refractivity contribution in [2.24, 2.45) is 0 Å². The fourth-order valence-electron chi connectivity index (χ4n) is 4.33. The molecule has 0 aliphatic carbocycles. The SMILES string of the molecule is O=C(c1ccc2ncccc2c1)N1CCN(c2ccc(Cl)cc2Cl)[C@H](c2ccc(Cl)cc2)C1. The van der Waals surface area contributed by atoms with Gasteiger partial charge in [-0.1, -0.05) is 53.0 Å². The second-order valence-electron chi connectivity index (χ2n) is 8.02. The number of nitrogens with zero attached hydrogens (tertiary/aromatic N) is 3. The van der Waals surface area contributed by atoms with Crippen molar-refractivity contribution in [2.75, 3.05) is 24.5 Å². The molecular formula is C26H20Cl3N3O. The Hall–Kier alpha value is -2.79. The van der Waals surface area contributed by atoms with Crippen molar-refractivity contribution in [2.45, 2.75) is 6.04 Å². The van der Waals surface area contributed by atoms with Crippen molar-refractivity contribution >= 4 is 57.3 Å². The summed E-state index contributed by atoms with van der Waals surface area (Å²) in [5.41, 5.74) is 3.48. The Labute approximate surface area is 207 Å². The number of fused-ring (bicyclic) bond motifs is 1. The molecule has 1 atom stereocenters.